The maximum atomic E-state index is 9.70. The number of quaternary nitrogens is 1. The van der Waals surface area contributed by atoms with E-state index < -0.39 is 0 Å². The van der Waals surface area contributed by atoms with Crippen LogP contribution in [0.1, 0.15) is 52.4 Å². The monoisotopic (exact) mass is 325 g/mol. The summed E-state index contributed by atoms with van der Waals surface area (Å²) in [6.45, 7) is 8.82. The fraction of sp³-hybridized carbons (Fsp3) is 0.875. The first-order valence-corrected chi connectivity index (χ1v) is 8.02. The molecule has 0 saturated heterocycles. The zero-order valence-corrected chi connectivity index (χ0v) is 15.1. The molecule has 3 atom stereocenters. The highest BCUT2D eigenvalue weighted by molar-refractivity contribution is 6.20. The second-order valence-electron chi connectivity index (χ2n) is 6.32. The Morgan fingerprint density at radius 1 is 1.25 bits per heavy atom. The van der Waals surface area contributed by atoms with Gasteiger partial charge in [-0.25, -0.2) is 0 Å². The van der Waals surface area contributed by atoms with E-state index in [9.17, 15) is 5.11 Å². The number of unbranched alkanes of at least 4 members (excludes halogenated alkanes) is 2. The molecule has 0 saturated carbocycles. The van der Waals surface area contributed by atoms with E-state index >= 15 is 0 Å². The molecule has 0 aromatic carbocycles. The lowest BCUT2D eigenvalue weighted by molar-refractivity contribution is -0.910. The molecular formula is C16H33Cl2NO. The lowest BCUT2D eigenvalue weighted by atomic mass is 9.98. The van der Waals surface area contributed by atoms with Crippen molar-refractivity contribution < 1.29 is 22.0 Å². The van der Waals surface area contributed by atoms with Crippen LogP contribution in [0.25, 0.3) is 0 Å². The van der Waals surface area contributed by atoms with Gasteiger partial charge in [0, 0.05) is 18.2 Å². The summed E-state index contributed by atoms with van der Waals surface area (Å²) in [5.41, 5.74) is 0. The van der Waals surface area contributed by atoms with Gasteiger partial charge >= 0.3 is 0 Å². The topological polar surface area (TPSA) is 20.2 Å². The molecule has 20 heavy (non-hydrogen) atoms. The quantitative estimate of drug-likeness (QED) is 0.260. The molecule has 0 aromatic heterocycles. The number of aliphatic hydroxyl groups excluding tert-OH is 1. The van der Waals surface area contributed by atoms with Crippen LogP contribution in [0.2, 0.25) is 0 Å². The van der Waals surface area contributed by atoms with Crippen molar-refractivity contribution in [2.24, 2.45) is 0 Å². The van der Waals surface area contributed by atoms with Gasteiger partial charge < -0.3 is 22.0 Å². The van der Waals surface area contributed by atoms with E-state index in [0.717, 1.165) is 30.3 Å². The molecular weight excluding hydrogens is 293 g/mol. The minimum Gasteiger partial charge on any atom is -1.00 e. The molecule has 4 heteroatoms. The van der Waals surface area contributed by atoms with Gasteiger partial charge in [0.25, 0.3) is 0 Å². The van der Waals surface area contributed by atoms with Gasteiger partial charge in [-0.1, -0.05) is 32.8 Å². The molecule has 0 aliphatic heterocycles. The number of likely N-dealkylation sites (N-methyl/N-ethyl adjacent to an activating group) is 1. The molecule has 0 aromatic rings. The van der Waals surface area contributed by atoms with Crippen LogP contribution in [0.15, 0.2) is 12.7 Å². The molecule has 0 heterocycles. The Morgan fingerprint density at radius 2 is 1.85 bits per heavy atom. The number of halogens is 2. The average Bonchev–Trinajstić information content (AvgIpc) is 2.27. The number of hydrogen-bond donors (Lipinski definition) is 1. The molecule has 0 aliphatic carbocycles. The summed E-state index contributed by atoms with van der Waals surface area (Å²) in [5.74, 6) is 0. The van der Waals surface area contributed by atoms with Crippen molar-refractivity contribution >= 4 is 11.6 Å². The van der Waals surface area contributed by atoms with Crippen molar-refractivity contribution in [3.8, 4) is 0 Å². The van der Waals surface area contributed by atoms with E-state index in [1.165, 1.54) is 19.3 Å². The van der Waals surface area contributed by atoms with E-state index in [1.54, 1.807) is 0 Å². The van der Waals surface area contributed by atoms with E-state index in [0.29, 0.717) is 6.04 Å². The van der Waals surface area contributed by atoms with Gasteiger partial charge in [-0.05, 0) is 19.4 Å². The second-order valence-corrected chi connectivity index (χ2v) is 6.93. The Bertz CT molecular complexity index is 245. The van der Waals surface area contributed by atoms with Crippen molar-refractivity contribution in [3.63, 3.8) is 0 Å². The summed E-state index contributed by atoms with van der Waals surface area (Å²) in [7, 11) is 4.40. The molecule has 0 amide bonds. The zero-order chi connectivity index (χ0) is 14.9. The van der Waals surface area contributed by atoms with E-state index in [-0.39, 0.29) is 23.9 Å². The Balaban J connectivity index is 0. The van der Waals surface area contributed by atoms with Crippen LogP contribution in [0, 0.1) is 0 Å². The van der Waals surface area contributed by atoms with Gasteiger partial charge in [0.15, 0.2) is 0 Å². The number of alkyl halides is 1. The molecule has 0 fully saturated rings. The zero-order valence-electron chi connectivity index (χ0n) is 13.6. The van der Waals surface area contributed by atoms with Gasteiger partial charge in [-0.3, -0.25) is 0 Å². The van der Waals surface area contributed by atoms with Gasteiger partial charge in [0.05, 0.1) is 32.8 Å². The number of hydrogen-bond acceptors (Lipinski definition) is 1. The van der Waals surface area contributed by atoms with Crippen LogP contribution in [0.5, 0.6) is 0 Å². The third-order valence-electron chi connectivity index (χ3n) is 3.85. The van der Waals surface area contributed by atoms with Crippen LogP contribution in [0.4, 0.5) is 0 Å². The van der Waals surface area contributed by atoms with Gasteiger partial charge in [-0.15, -0.1) is 11.6 Å². The number of rotatable bonds is 11. The van der Waals surface area contributed by atoms with Crippen LogP contribution in [0.3, 0.4) is 0 Å². The fourth-order valence-electron chi connectivity index (χ4n) is 2.57. The smallest absolute Gasteiger partial charge is 0.0969 e. The second kappa shape index (κ2) is 11.9. The van der Waals surface area contributed by atoms with Gasteiger partial charge in [-0.2, -0.15) is 0 Å². The minimum atomic E-state index is -0.272. The summed E-state index contributed by atoms with van der Waals surface area (Å²) in [6.07, 6.45) is 8.24. The summed E-state index contributed by atoms with van der Waals surface area (Å²) < 4.78 is 0.853. The third-order valence-corrected chi connectivity index (χ3v) is 4.25. The standard InChI is InChI=1S/C16H33ClNO.ClH/c1-6-8-9-10-15(17)13-16(12-14(3)19)18(4,5)11-7-2;/h7,14-16,19H,2,6,8-13H2,1,3-5H3;1H/q+1;/p-1. The predicted molar refractivity (Wildman–Crippen MR) is 85.7 cm³/mol. The van der Waals surface area contributed by atoms with Crippen LogP contribution in [-0.4, -0.2) is 47.8 Å². The predicted octanol–water partition coefficient (Wildman–Crippen LogP) is 0.970. The summed E-state index contributed by atoms with van der Waals surface area (Å²) >= 11 is 6.48. The molecule has 122 valence electrons. The molecule has 2 nitrogen and oxygen atoms in total. The van der Waals surface area contributed by atoms with E-state index in [2.05, 4.69) is 27.6 Å². The molecule has 0 rings (SSSR count). The highest BCUT2D eigenvalue weighted by atomic mass is 35.5. The molecule has 1 N–H and O–H groups in total. The average molecular weight is 326 g/mol. The number of nitrogens with zero attached hydrogens (tertiary/aromatic N) is 1. The van der Waals surface area contributed by atoms with Crippen molar-refractivity contribution in [1.82, 2.24) is 0 Å². The van der Waals surface area contributed by atoms with Gasteiger partial charge in [0.1, 0.15) is 0 Å². The molecule has 3 unspecified atom stereocenters. The van der Waals surface area contributed by atoms with E-state index in [1.807, 2.05) is 13.0 Å². The van der Waals surface area contributed by atoms with Crippen LogP contribution >= 0.6 is 11.6 Å². The van der Waals surface area contributed by atoms with Crippen molar-refractivity contribution in [3.05, 3.63) is 12.7 Å². The van der Waals surface area contributed by atoms with E-state index in [4.69, 9.17) is 11.6 Å². The SMILES string of the molecule is C=CC[N+](C)(C)C(CC(C)O)CC(Cl)CCCCC.[Cl-]. The first-order chi connectivity index (χ1) is 8.83. The lowest BCUT2D eigenvalue weighted by Crippen LogP contribution is -3.00. The Kier molecular flexibility index (Phi) is 13.3. The largest absolute Gasteiger partial charge is 1.00 e. The van der Waals surface area contributed by atoms with Crippen molar-refractivity contribution in [1.29, 1.82) is 0 Å². The van der Waals surface area contributed by atoms with Crippen LogP contribution < -0.4 is 12.4 Å². The molecule has 0 spiro atoms. The molecule has 0 aliphatic rings. The molecule has 0 radical (unpaired) electrons. The fourth-order valence-corrected chi connectivity index (χ4v) is 2.93. The molecule has 0 bridgehead atoms. The maximum absolute atomic E-state index is 9.70. The maximum Gasteiger partial charge on any atom is 0.0969 e. The Labute approximate surface area is 137 Å². The summed E-state index contributed by atoms with van der Waals surface area (Å²) in [5, 5.41) is 9.92. The summed E-state index contributed by atoms with van der Waals surface area (Å²) in [4.78, 5) is 0. The van der Waals surface area contributed by atoms with Gasteiger partial charge in [0.2, 0.25) is 0 Å². The first-order valence-electron chi connectivity index (χ1n) is 7.59. The van der Waals surface area contributed by atoms with Crippen molar-refractivity contribution in [2.75, 3.05) is 20.6 Å². The lowest BCUT2D eigenvalue weighted by Gasteiger charge is -2.39. The first kappa shape index (κ1) is 22.5. The van der Waals surface area contributed by atoms with Crippen molar-refractivity contribution in [2.45, 2.75) is 69.9 Å². The Hall–Kier alpha value is 0.240. The number of aliphatic hydroxyl groups is 1. The Morgan fingerprint density at radius 3 is 2.30 bits per heavy atom. The highest BCUT2D eigenvalue weighted by Gasteiger charge is 2.30. The highest BCUT2D eigenvalue weighted by Crippen LogP contribution is 2.23. The summed E-state index contributed by atoms with van der Waals surface area (Å²) in [6, 6.07) is 0.391. The van der Waals surface area contributed by atoms with Crippen LogP contribution in [-0.2, 0) is 0 Å². The minimum absolute atomic E-state index is 0. The normalized spacial score (nSPS) is 16.1. The third kappa shape index (κ3) is 10.0.